The Kier molecular flexibility index (Phi) is 5.36. The number of aliphatic carboxylic acids is 1. The standard InChI is InChI=1S/C17H22N2O4/c1-11-5-3-6-12(2)16(11)18-14(20)8-9-15(21)19-10-4-7-13(19)17(22)23/h3,5-6,13H,4,7-10H2,1-2H3,(H,18,20)(H,22,23). The topological polar surface area (TPSA) is 86.7 Å². The van der Waals surface area contributed by atoms with Gasteiger partial charge < -0.3 is 15.3 Å². The lowest BCUT2D eigenvalue weighted by Crippen LogP contribution is -2.40. The van der Waals surface area contributed by atoms with Crippen molar-refractivity contribution in [2.75, 3.05) is 11.9 Å². The van der Waals surface area contributed by atoms with Gasteiger partial charge in [0.05, 0.1) is 0 Å². The van der Waals surface area contributed by atoms with Crippen LogP contribution in [0.2, 0.25) is 0 Å². The number of nitrogens with one attached hydrogen (secondary N) is 1. The first-order valence-corrected chi connectivity index (χ1v) is 7.78. The fraction of sp³-hybridized carbons (Fsp3) is 0.471. The number of likely N-dealkylation sites (tertiary alicyclic amines) is 1. The molecule has 1 saturated heterocycles. The number of anilines is 1. The maximum Gasteiger partial charge on any atom is 0.326 e. The second-order valence-electron chi connectivity index (χ2n) is 5.90. The number of benzene rings is 1. The Morgan fingerprint density at radius 2 is 1.87 bits per heavy atom. The second kappa shape index (κ2) is 7.26. The molecule has 1 heterocycles. The molecular weight excluding hydrogens is 296 g/mol. The molecule has 0 bridgehead atoms. The number of carboxylic acids is 1. The van der Waals surface area contributed by atoms with E-state index in [2.05, 4.69) is 5.32 Å². The Morgan fingerprint density at radius 1 is 1.22 bits per heavy atom. The Morgan fingerprint density at radius 3 is 2.48 bits per heavy atom. The van der Waals surface area contributed by atoms with Crippen molar-refractivity contribution in [2.45, 2.75) is 45.6 Å². The summed E-state index contributed by atoms with van der Waals surface area (Å²) in [7, 11) is 0. The molecule has 0 saturated carbocycles. The van der Waals surface area contributed by atoms with Gasteiger partial charge in [0, 0.05) is 25.1 Å². The largest absolute Gasteiger partial charge is 0.480 e. The van der Waals surface area contributed by atoms with Crippen LogP contribution >= 0.6 is 0 Å². The van der Waals surface area contributed by atoms with Gasteiger partial charge in [-0.05, 0) is 37.8 Å². The molecule has 1 atom stereocenters. The van der Waals surface area contributed by atoms with E-state index in [-0.39, 0.29) is 24.7 Å². The van der Waals surface area contributed by atoms with Gasteiger partial charge >= 0.3 is 5.97 Å². The molecule has 1 unspecified atom stereocenters. The van der Waals surface area contributed by atoms with Crippen LogP contribution in [0.1, 0.15) is 36.8 Å². The first kappa shape index (κ1) is 17.0. The monoisotopic (exact) mass is 318 g/mol. The molecule has 0 aliphatic carbocycles. The summed E-state index contributed by atoms with van der Waals surface area (Å²) in [5, 5.41) is 11.9. The van der Waals surface area contributed by atoms with Crippen LogP contribution in [-0.2, 0) is 14.4 Å². The molecule has 2 N–H and O–H groups in total. The number of nitrogens with zero attached hydrogens (tertiary/aromatic N) is 1. The molecule has 23 heavy (non-hydrogen) atoms. The zero-order valence-electron chi connectivity index (χ0n) is 13.5. The number of carboxylic acid groups (broad SMARTS) is 1. The van der Waals surface area contributed by atoms with Crippen molar-refractivity contribution >= 4 is 23.5 Å². The zero-order valence-corrected chi connectivity index (χ0v) is 13.5. The van der Waals surface area contributed by atoms with Gasteiger partial charge in [-0.3, -0.25) is 9.59 Å². The van der Waals surface area contributed by atoms with Gasteiger partial charge in [0.25, 0.3) is 0 Å². The fourth-order valence-electron chi connectivity index (χ4n) is 2.90. The summed E-state index contributed by atoms with van der Waals surface area (Å²) in [5.41, 5.74) is 2.71. The van der Waals surface area contributed by atoms with Gasteiger partial charge in [0.2, 0.25) is 11.8 Å². The lowest BCUT2D eigenvalue weighted by Gasteiger charge is -2.21. The van der Waals surface area contributed by atoms with E-state index in [1.165, 1.54) is 4.90 Å². The number of aryl methyl sites for hydroxylation is 2. The summed E-state index contributed by atoms with van der Waals surface area (Å²) in [6.07, 6.45) is 1.25. The molecule has 2 rings (SSSR count). The van der Waals surface area contributed by atoms with Crippen molar-refractivity contribution in [3.63, 3.8) is 0 Å². The smallest absolute Gasteiger partial charge is 0.326 e. The summed E-state index contributed by atoms with van der Waals surface area (Å²) in [5.74, 6) is -1.48. The van der Waals surface area contributed by atoms with Gasteiger partial charge in [0.1, 0.15) is 6.04 Å². The summed E-state index contributed by atoms with van der Waals surface area (Å²) in [4.78, 5) is 36.7. The van der Waals surface area contributed by atoms with E-state index in [1.54, 1.807) is 0 Å². The molecule has 124 valence electrons. The third-order valence-corrected chi connectivity index (χ3v) is 4.17. The highest BCUT2D eigenvalue weighted by atomic mass is 16.4. The minimum Gasteiger partial charge on any atom is -0.480 e. The molecule has 0 spiro atoms. The van der Waals surface area contributed by atoms with Crippen molar-refractivity contribution in [2.24, 2.45) is 0 Å². The van der Waals surface area contributed by atoms with E-state index in [0.29, 0.717) is 19.4 Å². The van der Waals surface area contributed by atoms with Crippen LogP contribution in [0.3, 0.4) is 0 Å². The van der Waals surface area contributed by atoms with Gasteiger partial charge in [-0.15, -0.1) is 0 Å². The van der Waals surface area contributed by atoms with Gasteiger partial charge in [-0.25, -0.2) is 4.79 Å². The Labute approximate surface area is 135 Å². The molecule has 1 fully saturated rings. The van der Waals surface area contributed by atoms with Crippen LogP contribution in [0.4, 0.5) is 5.69 Å². The highest BCUT2D eigenvalue weighted by Gasteiger charge is 2.33. The van der Waals surface area contributed by atoms with Crippen LogP contribution < -0.4 is 5.32 Å². The SMILES string of the molecule is Cc1cccc(C)c1NC(=O)CCC(=O)N1CCCC1C(=O)O. The molecule has 0 aromatic heterocycles. The average Bonchev–Trinajstić information content (AvgIpc) is 2.98. The lowest BCUT2D eigenvalue weighted by atomic mass is 10.1. The van der Waals surface area contributed by atoms with E-state index in [0.717, 1.165) is 16.8 Å². The molecule has 0 radical (unpaired) electrons. The summed E-state index contributed by atoms with van der Waals surface area (Å²) >= 11 is 0. The maximum absolute atomic E-state index is 12.1. The number of carbonyl (C=O) groups excluding carboxylic acids is 2. The minimum absolute atomic E-state index is 0.0283. The number of hydrogen-bond donors (Lipinski definition) is 2. The van der Waals surface area contributed by atoms with Crippen molar-refractivity contribution in [3.8, 4) is 0 Å². The van der Waals surface area contributed by atoms with Crippen LogP contribution in [-0.4, -0.2) is 40.4 Å². The van der Waals surface area contributed by atoms with Crippen molar-refractivity contribution in [1.29, 1.82) is 0 Å². The van der Waals surface area contributed by atoms with Crippen LogP contribution in [0, 0.1) is 13.8 Å². The van der Waals surface area contributed by atoms with Crippen molar-refractivity contribution in [3.05, 3.63) is 29.3 Å². The van der Waals surface area contributed by atoms with Crippen molar-refractivity contribution in [1.82, 2.24) is 4.90 Å². The van der Waals surface area contributed by atoms with Crippen LogP contribution in [0.15, 0.2) is 18.2 Å². The second-order valence-corrected chi connectivity index (χ2v) is 5.90. The van der Waals surface area contributed by atoms with Crippen molar-refractivity contribution < 1.29 is 19.5 Å². The number of amides is 2. The number of hydrogen-bond acceptors (Lipinski definition) is 3. The highest BCUT2D eigenvalue weighted by molar-refractivity contribution is 5.95. The first-order valence-electron chi connectivity index (χ1n) is 7.78. The predicted molar refractivity (Wildman–Crippen MR) is 86.2 cm³/mol. The molecule has 1 aliphatic heterocycles. The zero-order chi connectivity index (χ0) is 17.0. The molecule has 2 amide bonds. The predicted octanol–water partition coefficient (Wildman–Crippen LogP) is 2.10. The number of rotatable bonds is 5. The molecule has 6 heteroatoms. The normalized spacial score (nSPS) is 17.1. The van der Waals surface area contributed by atoms with E-state index in [9.17, 15) is 14.4 Å². The van der Waals surface area contributed by atoms with E-state index in [1.807, 2.05) is 32.0 Å². The minimum atomic E-state index is -0.976. The molecule has 1 aromatic carbocycles. The summed E-state index contributed by atoms with van der Waals surface area (Å²) in [6.45, 7) is 4.28. The average molecular weight is 318 g/mol. The van der Waals surface area contributed by atoms with E-state index in [4.69, 9.17) is 5.11 Å². The Bertz CT molecular complexity index is 607. The molecule has 1 aromatic rings. The summed E-state index contributed by atoms with van der Waals surface area (Å²) < 4.78 is 0. The lowest BCUT2D eigenvalue weighted by molar-refractivity contribution is -0.148. The quantitative estimate of drug-likeness (QED) is 0.870. The highest BCUT2D eigenvalue weighted by Crippen LogP contribution is 2.21. The number of carbonyl (C=O) groups is 3. The molecular formula is C17H22N2O4. The fourth-order valence-corrected chi connectivity index (χ4v) is 2.90. The summed E-state index contributed by atoms with van der Waals surface area (Å²) in [6, 6.07) is 5.00. The molecule has 1 aliphatic rings. The van der Waals surface area contributed by atoms with Crippen LogP contribution in [0.25, 0.3) is 0 Å². The first-order chi connectivity index (χ1) is 10.9. The van der Waals surface area contributed by atoms with E-state index < -0.39 is 12.0 Å². The third-order valence-electron chi connectivity index (χ3n) is 4.17. The van der Waals surface area contributed by atoms with Gasteiger partial charge in [0.15, 0.2) is 0 Å². The van der Waals surface area contributed by atoms with E-state index >= 15 is 0 Å². The number of para-hydroxylation sites is 1. The third kappa shape index (κ3) is 4.09. The Hall–Kier alpha value is -2.37. The maximum atomic E-state index is 12.1. The van der Waals surface area contributed by atoms with Gasteiger partial charge in [-0.1, -0.05) is 18.2 Å². The van der Waals surface area contributed by atoms with Gasteiger partial charge in [-0.2, -0.15) is 0 Å². The Balaban J connectivity index is 1.89. The van der Waals surface area contributed by atoms with Crippen LogP contribution in [0.5, 0.6) is 0 Å². The molecule has 6 nitrogen and oxygen atoms in total.